The van der Waals surface area contributed by atoms with E-state index in [0.717, 1.165) is 22.3 Å². The van der Waals surface area contributed by atoms with E-state index in [-0.39, 0.29) is 12.5 Å². The van der Waals surface area contributed by atoms with Crippen molar-refractivity contribution in [1.29, 1.82) is 0 Å². The summed E-state index contributed by atoms with van der Waals surface area (Å²) in [6, 6.07) is 15.2. The first-order valence-electron chi connectivity index (χ1n) is 9.75. The average Bonchev–Trinajstić information content (AvgIpc) is 3.03. The van der Waals surface area contributed by atoms with Gasteiger partial charge in [-0.25, -0.2) is 9.59 Å². The molecule has 0 bridgehead atoms. The summed E-state index contributed by atoms with van der Waals surface area (Å²) in [4.78, 5) is 24.1. The summed E-state index contributed by atoms with van der Waals surface area (Å²) >= 11 is 0. The van der Waals surface area contributed by atoms with Crippen LogP contribution in [0.1, 0.15) is 50.7 Å². The molecular weight excluding hydrogens is 354 g/mol. The van der Waals surface area contributed by atoms with Gasteiger partial charge in [0.15, 0.2) is 0 Å². The van der Waals surface area contributed by atoms with Gasteiger partial charge in [0.25, 0.3) is 0 Å². The van der Waals surface area contributed by atoms with Crippen LogP contribution in [0.15, 0.2) is 48.5 Å². The Labute approximate surface area is 165 Å². The highest BCUT2D eigenvalue weighted by Crippen LogP contribution is 2.44. The molecule has 0 aliphatic heterocycles. The molecule has 28 heavy (non-hydrogen) atoms. The van der Waals surface area contributed by atoms with Crippen molar-refractivity contribution < 1.29 is 19.4 Å². The minimum atomic E-state index is -1.04. The van der Waals surface area contributed by atoms with E-state index in [1.807, 2.05) is 57.2 Å². The smallest absolute Gasteiger partial charge is 0.407 e. The van der Waals surface area contributed by atoms with Crippen LogP contribution in [0.5, 0.6) is 0 Å². The fourth-order valence-electron chi connectivity index (χ4n) is 3.95. The number of hydrogen-bond donors (Lipinski definition) is 2. The van der Waals surface area contributed by atoms with Gasteiger partial charge in [-0.05, 0) is 40.5 Å². The molecule has 0 spiro atoms. The molecule has 3 rings (SSSR count). The zero-order valence-corrected chi connectivity index (χ0v) is 16.6. The van der Waals surface area contributed by atoms with Crippen molar-refractivity contribution in [3.8, 4) is 11.1 Å². The van der Waals surface area contributed by atoms with Gasteiger partial charge >= 0.3 is 12.1 Å². The van der Waals surface area contributed by atoms with Crippen molar-refractivity contribution in [1.82, 2.24) is 5.32 Å². The Hall–Kier alpha value is -2.82. The summed E-state index contributed by atoms with van der Waals surface area (Å²) in [6.45, 7) is 5.90. The number of amides is 1. The molecule has 2 aromatic rings. The minimum absolute atomic E-state index is 0.0508. The van der Waals surface area contributed by atoms with Gasteiger partial charge in [0.1, 0.15) is 12.6 Å². The quantitative estimate of drug-likeness (QED) is 0.722. The number of benzene rings is 2. The van der Waals surface area contributed by atoms with Crippen LogP contribution in [-0.2, 0) is 9.53 Å². The number of aliphatic carboxylic acids is 1. The number of carbonyl (C=O) groups excluding carboxylic acids is 1. The summed E-state index contributed by atoms with van der Waals surface area (Å²) in [6.07, 6.45) is 0.594. The molecule has 0 saturated heterocycles. The normalized spacial score (nSPS) is 14.1. The zero-order valence-electron chi connectivity index (χ0n) is 16.6. The molecule has 1 atom stereocenters. The summed E-state index contributed by atoms with van der Waals surface area (Å²) in [7, 11) is 0. The first-order chi connectivity index (χ1) is 13.4. The van der Waals surface area contributed by atoms with Crippen molar-refractivity contribution in [2.24, 2.45) is 5.41 Å². The minimum Gasteiger partial charge on any atom is -0.480 e. The fourth-order valence-corrected chi connectivity index (χ4v) is 3.95. The highest BCUT2D eigenvalue weighted by Gasteiger charge is 2.38. The van der Waals surface area contributed by atoms with Crippen LogP contribution < -0.4 is 5.32 Å². The van der Waals surface area contributed by atoms with Crippen LogP contribution in [-0.4, -0.2) is 29.8 Å². The van der Waals surface area contributed by atoms with Crippen LogP contribution in [0.3, 0.4) is 0 Å². The molecule has 0 aromatic heterocycles. The molecule has 1 aliphatic carbocycles. The molecule has 2 N–H and O–H groups in total. The first-order valence-corrected chi connectivity index (χ1v) is 9.75. The maximum Gasteiger partial charge on any atom is 0.407 e. The number of rotatable bonds is 7. The monoisotopic (exact) mass is 381 g/mol. The lowest BCUT2D eigenvalue weighted by atomic mass is 9.77. The Balaban J connectivity index is 1.74. The van der Waals surface area contributed by atoms with Gasteiger partial charge < -0.3 is 15.2 Å². The molecule has 2 aromatic carbocycles. The predicted octanol–water partition coefficient (Wildman–Crippen LogP) is 4.80. The second-order valence-corrected chi connectivity index (χ2v) is 7.60. The van der Waals surface area contributed by atoms with Crippen LogP contribution in [0.25, 0.3) is 11.1 Å². The maximum absolute atomic E-state index is 12.4. The Bertz CT molecular complexity index is 827. The van der Waals surface area contributed by atoms with Gasteiger partial charge in [0, 0.05) is 5.92 Å². The van der Waals surface area contributed by atoms with E-state index >= 15 is 0 Å². The first kappa shape index (κ1) is 19.9. The van der Waals surface area contributed by atoms with E-state index in [9.17, 15) is 14.7 Å². The maximum atomic E-state index is 12.4. The molecule has 5 heteroatoms. The molecule has 1 aliphatic rings. The third-order valence-corrected chi connectivity index (χ3v) is 6.17. The van der Waals surface area contributed by atoms with Crippen molar-refractivity contribution in [2.45, 2.75) is 45.6 Å². The van der Waals surface area contributed by atoms with E-state index in [1.165, 1.54) is 0 Å². The number of carbonyl (C=O) groups is 2. The molecule has 148 valence electrons. The number of hydrogen-bond acceptors (Lipinski definition) is 3. The topological polar surface area (TPSA) is 75.6 Å². The Kier molecular flexibility index (Phi) is 5.73. The van der Waals surface area contributed by atoms with Crippen molar-refractivity contribution in [3.05, 3.63) is 59.7 Å². The molecule has 0 saturated carbocycles. The summed E-state index contributed by atoms with van der Waals surface area (Å²) in [5.74, 6) is -1.09. The number of ether oxygens (including phenoxy) is 1. The van der Waals surface area contributed by atoms with Gasteiger partial charge in [-0.3, -0.25) is 0 Å². The number of nitrogens with one attached hydrogen (secondary N) is 1. The number of fused-ring (bicyclic) bond motifs is 3. The van der Waals surface area contributed by atoms with Crippen molar-refractivity contribution in [2.75, 3.05) is 6.61 Å². The Morgan fingerprint density at radius 1 is 1.04 bits per heavy atom. The summed E-state index contributed by atoms with van der Waals surface area (Å²) in [5.41, 5.74) is 4.02. The van der Waals surface area contributed by atoms with Crippen LogP contribution in [0.2, 0.25) is 0 Å². The second kappa shape index (κ2) is 8.05. The van der Waals surface area contributed by atoms with Crippen LogP contribution in [0, 0.1) is 5.41 Å². The Morgan fingerprint density at radius 3 is 2.00 bits per heavy atom. The predicted molar refractivity (Wildman–Crippen MR) is 108 cm³/mol. The zero-order chi connectivity index (χ0) is 20.3. The number of alkyl carbamates (subject to hydrolysis) is 1. The van der Waals surface area contributed by atoms with E-state index in [1.54, 1.807) is 0 Å². The Morgan fingerprint density at radius 2 is 1.54 bits per heavy atom. The third kappa shape index (κ3) is 3.61. The number of carboxylic acids is 1. The molecule has 0 unspecified atom stereocenters. The number of carboxylic acid groups (broad SMARTS) is 1. The van der Waals surface area contributed by atoms with E-state index in [0.29, 0.717) is 12.8 Å². The van der Waals surface area contributed by atoms with E-state index in [4.69, 9.17) is 4.74 Å². The third-order valence-electron chi connectivity index (χ3n) is 6.17. The van der Waals surface area contributed by atoms with E-state index in [2.05, 4.69) is 17.4 Å². The molecule has 0 heterocycles. The molecule has 0 radical (unpaired) electrons. The van der Waals surface area contributed by atoms with Gasteiger partial charge in [-0.2, -0.15) is 0 Å². The van der Waals surface area contributed by atoms with Crippen molar-refractivity contribution in [3.63, 3.8) is 0 Å². The van der Waals surface area contributed by atoms with Crippen LogP contribution in [0.4, 0.5) is 4.79 Å². The van der Waals surface area contributed by atoms with Crippen molar-refractivity contribution >= 4 is 12.1 Å². The van der Waals surface area contributed by atoms with Gasteiger partial charge in [0.05, 0.1) is 0 Å². The molecule has 5 nitrogen and oxygen atoms in total. The fraction of sp³-hybridized carbons (Fsp3) is 0.391. The average molecular weight is 381 g/mol. The second-order valence-electron chi connectivity index (χ2n) is 7.60. The van der Waals surface area contributed by atoms with E-state index < -0.39 is 23.5 Å². The van der Waals surface area contributed by atoms with Crippen LogP contribution >= 0.6 is 0 Å². The highest BCUT2D eigenvalue weighted by atomic mass is 16.5. The highest BCUT2D eigenvalue weighted by molar-refractivity contribution is 5.81. The lowest BCUT2D eigenvalue weighted by Gasteiger charge is -2.33. The van der Waals surface area contributed by atoms with Gasteiger partial charge in [0.2, 0.25) is 0 Å². The molecule has 1 amide bonds. The largest absolute Gasteiger partial charge is 0.480 e. The molecular formula is C23H27NO4. The molecule has 0 fully saturated rings. The SMILES string of the molecule is CCC(C)(CC)[C@H](NC(=O)OCC1c2ccccc2-c2ccccc21)C(=O)O. The standard InChI is InChI=1S/C23H27NO4/c1-4-23(3,5-2)20(21(25)26)24-22(27)28-14-19-17-12-8-6-10-15(17)16-11-7-9-13-18(16)19/h6-13,19-20H,4-5,14H2,1-3H3,(H,24,27)(H,25,26)/t20-/m1/s1. The summed E-state index contributed by atoms with van der Waals surface area (Å²) < 4.78 is 5.49. The summed E-state index contributed by atoms with van der Waals surface area (Å²) in [5, 5.41) is 12.2. The lowest BCUT2D eigenvalue weighted by molar-refractivity contribution is -0.143. The lowest BCUT2D eigenvalue weighted by Crippen LogP contribution is -2.51. The van der Waals surface area contributed by atoms with Gasteiger partial charge in [-0.1, -0.05) is 69.3 Å². The van der Waals surface area contributed by atoms with Gasteiger partial charge in [-0.15, -0.1) is 0 Å².